The van der Waals surface area contributed by atoms with Crippen molar-refractivity contribution in [1.82, 2.24) is 9.78 Å². The van der Waals surface area contributed by atoms with E-state index in [1.54, 1.807) is 12.1 Å². The molecule has 8 heteroatoms. The van der Waals surface area contributed by atoms with Crippen LogP contribution in [-0.2, 0) is 16.2 Å². The molecule has 0 saturated heterocycles. The van der Waals surface area contributed by atoms with Crippen LogP contribution >= 0.6 is 11.6 Å². The summed E-state index contributed by atoms with van der Waals surface area (Å²) in [6.07, 6.45) is -0.757. The fourth-order valence-corrected chi connectivity index (χ4v) is 3.60. The summed E-state index contributed by atoms with van der Waals surface area (Å²) in [7, 11) is 0. The van der Waals surface area contributed by atoms with Gasteiger partial charge in [0.1, 0.15) is 5.82 Å². The molecule has 3 aromatic rings. The average Bonchev–Trinajstić information content (AvgIpc) is 3.31. The van der Waals surface area contributed by atoms with Crippen LogP contribution in [-0.4, -0.2) is 27.5 Å². The van der Waals surface area contributed by atoms with Crippen molar-refractivity contribution in [2.75, 3.05) is 5.32 Å². The number of hydrogen-bond acceptors (Lipinski definition) is 4. The quantitative estimate of drug-likeness (QED) is 0.654. The van der Waals surface area contributed by atoms with Crippen molar-refractivity contribution in [3.8, 4) is 0 Å². The SMILES string of the molecule is Cc1ccccc1Cn1nc(NC(=O)C2CC(c3c(F)cccc3Cl)=NO2)cc1C. The molecule has 1 aromatic heterocycles. The van der Waals surface area contributed by atoms with Crippen LogP contribution in [0.15, 0.2) is 53.7 Å². The number of oxime groups is 1. The highest BCUT2D eigenvalue weighted by atomic mass is 35.5. The number of carbonyl (C=O) groups is 1. The molecule has 1 aliphatic heterocycles. The van der Waals surface area contributed by atoms with Gasteiger partial charge in [0.15, 0.2) is 5.82 Å². The van der Waals surface area contributed by atoms with Gasteiger partial charge in [-0.15, -0.1) is 0 Å². The van der Waals surface area contributed by atoms with E-state index < -0.39 is 17.8 Å². The van der Waals surface area contributed by atoms with Gasteiger partial charge < -0.3 is 10.2 Å². The van der Waals surface area contributed by atoms with Crippen LogP contribution in [0.25, 0.3) is 0 Å². The van der Waals surface area contributed by atoms with Crippen molar-refractivity contribution in [2.45, 2.75) is 32.9 Å². The number of amides is 1. The van der Waals surface area contributed by atoms with Crippen LogP contribution in [0, 0.1) is 19.7 Å². The summed E-state index contributed by atoms with van der Waals surface area (Å²) in [5.41, 5.74) is 3.71. The van der Waals surface area contributed by atoms with Crippen molar-refractivity contribution in [1.29, 1.82) is 0 Å². The van der Waals surface area contributed by atoms with Crippen LogP contribution in [0.2, 0.25) is 5.02 Å². The largest absolute Gasteiger partial charge is 0.382 e. The smallest absolute Gasteiger partial charge is 0.269 e. The van der Waals surface area contributed by atoms with Gasteiger partial charge in [0.2, 0.25) is 6.10 Å². The Labute approximate surface area is 178 Å². The Bertz CT molecular complexity index is 1120. The van der Waals surface area contributed by atoms with Gasteiger partial charge in [0, 0.05) is 18.2 Å². The molecule has 0 aliphatic carbocycles. The third kappa shape index (κ3) is 4.07. The van der Waals surface area contributed by atoms with E-state index in [0.717, 1.165) is 11.3 Å². The van der Waals surface area contributed by atoms with Crippen molar-refractivity contribution in [3.63, 3.8) is 0 Å². The number of aromatic nitrogens is 2. The number of rotatable bonds is 5. The van der Waals surface area contributed by atoms with Crippen LogP contribution in [0.4, 0.5) is 10.2 Å². The summed E-state index contributed by atoms with van der Waals surface area (Å²) >= 11 is 6.07. The predicted molar refractivity (Wildman–Crippen MR) is 113 cm³/mol. The zero-order valence-electron chi connectivity index (χ0n) is 16.5. The van der Waals surface area contributed by atoms with Crippen LogP contribution < -0.4 is 5.32 Å². The number of halogens is 2. The van der Waals surface area contributed by atoms with E-state index in [0.29, 0.717) is 18.1 Å². The molecule has 1 aliphatic rings. The molecule has 0 spiro atoms. The summed E-state index contributed by atoms with van der Waals surface area (Å²) in [6.45, 7) is 4.58. The Balaban J connectivity index is 1.42. The monoisotopic (exact) mass is 426 g/mol. The molecule has 2 heterocycles. The highest BCUT2D eigenvalue weighted by Crippen LogP contribution is 2.26. The van der Waals surface area contributed by atoms with Gasteiger partial charge in [0.05, 0.1) is 22.8 Å². The lowest BCUT2D eigenvalue weighted by atomic mass is 10.0. The van der Waals surface area contributed by atoms with E-state index in [2.05, 4.69) is 15.6 Å². The Morgan fingerprint density at radius 2 is 2.07 bits per heavy atom. The van der Waals surface area contributed by atoms with E-state index in [4.69, 9.17) is 16.4 Å². The molecule has 154 valence electrons. The normalized spacial score (nSPS) is 15.6. The van der Waals surface area contributed by atoms with E-state index in [1.165, 1.54) is 17.7 Å². The molecule has 1 N–H and O–H groups in total. The second kappa shape index (κ2) is 8.28. The first kappa shape index (κ1) is 20.1. The van der Waals surface area contributed by atoms with Crippen LogP contribution in [0.5, 0.6) is 0 Å². The first-order valence-electron chi connectivity index (χ1n) is 9.49. The van der Waals surface area contributed by atoms with Crippen molar-refractivity contribution < 1.29 is 14.0 Å². The Kier molecular flexibility index (Phi) is 5.55. The number of nitrogens with one attached hydrogen (secondary N) is 1. The number of hydrogen-bond donors (Lipinski definition) is 1. The molecule has 1 atom stereocenters. The molecule has 4 rings (SSSR count). The molecule has 1 unspecified atom stereocenters. The fraction of sp³-hybridized carbons (Fsp3) is 0.227. The summed E-state index contributed by atoms with van der Waals surface area (Å²) in [6, 6.07) is 14.2. The Morgan fingerprint density at radius 3 is 2.83 bits per heavy atom. The van der Waals surface area contributed by atoms with Gasteiger partial charge in [-0.25, -0.2) is 4.39 Å². The number of benzene rings is 2. The Morgan fingerprint density at radius 1 is 1.27 bits per heavy atom. The topological polar surface area (TPSA) is 68.5 Å². The van der Waals surface area contributed by atoms with Crippen LogP contribution in [0.1, 0.15) is 28.8 Å². The third-order valence-electron chi connectivity index (χ3n) is 5.03. The van der Waals surface area contributed by atoms with E-state index >= 15 is 0 Å². The van der Waals surface area contributed by atoms with Gasteiger partial charge in [-0.3, -0.25) is 9.48 Å². The standard InChI is InChI=1S/C22H20ClFN4O2/c1-13-6-3-4-7-15(13)12-28-14(2)10-20(26-28)25-22(29)19-11-18(27-30-19)21-16(23)8-5-9-17(21)24/h3-10,19H,11-12H2,1-2H3,(H,25,26,29). The summed E-state index contributed by atoms with van der Waals surface area (Å²) in [5.74, 6) is -0.481. The molecule has 2 aromatic carbocycles. The van der Waals surface area contributed by atoms with E-state index in [9.17, 15) is 9.18 Å². The zero-order valence-corrected chi connectivity index (χ0v) is 17.3. The summed E-state index contributed by atoms with van der Waals surface area (Å²) in [5, 5.41) is 11.3. The summed E-state index contributed by atoms with van der Waals surface area (Å²) in [4.78, 5) is 17.8. The van der Waals surface area contributed by atoms with Gasteiger partial charge in [-0.2, -0.15) is 5.10 Å². The lowest BCUT2D eigenvalue weighted by molar-refractivity contribution is -0.125. The van der Waals surface area contributed by atoms with Crippen LogP contribution in [0.3, 0.4) is 0 Å². The second-order valence-electron chi connectivity index (χ2n) is 7.18. The minimum atomic E-state index is -0.877. The van der Waals surface area contributed by atoms with Gasteiger partial charge in [0.25, 0.3) is 5.91 Å². The molecule has 30 heavy (non-hydrogen) atoms. The molecule has 0 saturated carbocycles. The number of anilines is 1. The first-order chi connectivity index (χ1) is 14.4. The molecule has 1 amide bonds. The number of carbonyl (C=O) groups excluding carboxylic acids is 1. The van der Waals surface area contributed by atoms with Gasteiger partial charge in [-0.1, -0.05) is 47.1 Å². The lowest BCUT2D eigenvalue weighted by Crippen LogP contribution is -2.28. The van der Waals surface area contributed by atoms with Gasteiger partial charge >= 0.3 is 0 Å². The molecular formula is C22H20ClFN4O2. The maximum atomic E-state index is 14.1. The minimum Gasteiger partial charge on any atom is -0.382 e. The van der Waals surface area contributed by atoms with E-state index in [-0.39, 0.29) is 17.0 Å². The molecule has 6 nitrogen and oxygen atoms in total. The predicted octanol–water partition coefficient (Wildman–Crippen LogP) is 4.47. The molecule has 0 bridgehead atoms. The summed E-state index contributed by atoms with van der Waals surface area (Å²) < 4.78 is 15.9. The maximum absolute atomic E-state index is 14.1. The lowest BCUT2D eigenvalue weighted by Gasteiger charge is -2.09. The highest BCUT2D eigenvalue weighted by molar-refractivity contribution is 6.34. The molecular weight excluding hydrogens is 407 g/mol. The zero-order chi connectivity index (χ0) is 21.3. The maximum Gasteiger partial charge on any atom is 0.269 e. The van der Waals surface area contributed by atoms with Crippen molar-refractivity contribution in [3.05, 3.63) is 81.8 Å². The van der Waals surface area contributed by atoms with Gasteiger partial charge in [-0.05, 0) is 37.1 Å². The number of aryl methyl sites for hydroxylation is 2. The molecule has 0 fully saturated rings. The fourth-order valence-electron chi connectivity index (χ4n) is 3.33. The molecule has 0 radical (unpaired) electrons. The third-order valence-corrected chi connectivity index (χ3v) is 5.34. The van der Waals surface area contributed by atoms with Crippen molar-refractivity contribution in [2.24, 2.45) is 5.16 Å². The average molecular weight is 427 g/mol. The van der Waals surface area contributed by atoms with Crippen molar-refractivity contribution >= 4 is 29.0 Å². The minimum absolute atomic E-state index is 0.120. The van der Waals surface area contributed by atoms with E-state index in [1.807, 2.05) is 42.8 Å². The number of nitrogens with zero attached hydrogens (tertiary/aromatic N) is 3. The second-order valence-corrected chi connectivity index (χ2v) is 7.58. The Hall–Kier alpha value is -3.19. The first-order valence-corrected chi connectivity index (χ1v) is 9.87. The highest BCUT2D eigenvalue weighted by Gasteiger charge is 2.31.